The maximum atomic E-state index is 5.88. The predicted molar refractivity (Wildman–Crippen MR) is 84.6 cm³/mol. The van der Waals surface area contributed by atoms with Crippen LogP contribution in [0.1, 0.15) is 6.42 Å². The van der Waals surface area contributed by atoms with Gasteiger partial charge in [-0.1, -0.05) is 12.1 Å². The monoisotopic (exact) mass is 328 g/mol. The van der Waals surface area contributed by atoms with Crippen molar-refractivity contribution in [3.05, 3.63) is 49.3 Å². The fourth-order valence-corrected chi connectivity index (χ4v) is 2.54. The summed E-state index contributed by atoms with van der Waals surface area (Å²) in [5.74, 6) is 0.742. The van der Waals surface area contributed by atoms with Crippen LogP contribution >= 0.6 is 0 Å². The first-order valence-electron chi connectivity index (χ1n) is 7.24. The van der Waals surface area contributed by atoms with Crippen molar-refractivity contribution in [3.63, 3.8) is 0 Å². The van der Waals surface area contributed by atoms with Crippen LogP contribution in [0.15, 0.2) is 53.7 Å². The molecule has 6 nitrogen and oxygen atoms in total. The number of imidazole rings is 1. The number of anilines is 1. The van der Waals surface area contributed by atoms with Crippen LogP contribution in [0.5, 0.6) is 0 Å². The highest BCUT2D eigenvalue weighted by molar-refractivity contribution is 6.05. The summed E-state index contributed by atoms with van der Waals surface area (Å²) < 4.78 is 7.94. The lowest BCUT2D eigenvalue weighted by Crippen LogP contribution is -3.00. The molecule has 0 saturated carbocycles. The first kappa shape index (κ1) is 15.3. The van der Waals surface area contributed by atoms with E-state index in [1.165, 1.54) is 0 Å². The van der Waals surface area contributed by atoms with Gasteiger partial charge in [0, 0.05) is 30.9 Å². The lowest BCUT2D eigenvalue weighted by Gasteiger charge is -2.05. The zero-order chi connectivity index (χ0) is 14.8. The Bertz CT molecular complexity index is 903. The van der Waals surface area contributed by atoms with Crippen LogP contribution in [0, 0.1) is 0 Å². The molecule has 0 radical (unpaired) electrons. The summed E-state index contributed by atoms with van der Waals surface area (Å²) in [6, 6.07) is 7.89. The molecule has 1 aromatic carbocycles. The van der Waals surface area contributed by atoms with Gasteiger partial charge in [-0.2, -0.15) is 0 Å². The van der Waals surface area contributed by atoms with Crippen molar-refractivity contribution >= 4 is 27.9 Å². The quantitative estimate of drug-likeness (QED) is 0.525. The van der Waals surface area contributed by atoms with E-state index in [4.69, 9.17) is 4.42 Å². The fraction of sp³-hybridized carbons (Fsp3) is 0.188. The Kier molecular flexibility index (Phi) is 4.43. The minimum Gasteiger partial charge on any atom is -1.00 e. The Morgan fingerprint density at radius 1 is 1.17 bits per heavy atom. The molecule has 0 amide bonds. The molecule has 0 aliphatic rings. The van der Waals surface area contributed by atoms with Gasteiger partial charge in [0.25, 0.3) is 0 Å². The van der Waals surface area contributed by atoms with Gasteiger partial charge in [-0.05, 0) is 18.6 Å². The van der Waals surface area contributed by atoms with E-state index in [0.29, 0.717) is 5.58 Å². The maximum Gasteiger partial charge on any atom is 0.196 e. The third kappa shape index (κ3) is 2.98. The Labute approximate surface area is 139 Å². The molecule has 3 heterocycles. The highest BCUT2D eigenvalue weighted by Crippen LogP contribution is 2.30. The normalized spacial score (nSPS) is 10.8. The second-order valence-electron chi connectivity index (χ2n) is 5.08. The van der Waals surface area contributed by atoms with Crippen molar-refractivity contribution in [2.75, 3.05) is 11.9 Å². The van der Waals surface area contributed by atoms with Gasteiger partial charge in [0.2, 0.25) is 0 Å². The molecule has 23 heavy (non-hydrogen) atoms. The molecular weight excluding hydrogens is 314 g/mol. The number of hydrogen-bond donors (Lipinski definition) is 1. The third-order valence-corrected chi connectivity index (χ3v) is 3.60. The van der Waals surface area contributed by atoms with Crippen LogP contribution in [0.3, 0.4) is 0 Å². The number of aryl methyl sites for hydroxylation is 1. The molecule has 1 N–H and O–H groups in total. The van der Waals surface area contributed by atoms with Crippen molar-refractivity contribution in [3.8, 4) is 0 Å². The number of halogens is 1. The minimum atomic E-state index is 0. The van der Waals surface area contributed by atoms with Crippen LogP contribution in [0.25, 0.3) is 22.1 Å². The van der Waals surface area contributed by atoms with Crippen LogP contribution < -0.4 is 17.7 Å². The Balaban J connectivity index is 0.00000156. The smallest absolute Gasteiger partial charge is 0.196 e. The minimum absolute atomic E-state index is 0. The summed E-state index contributed by atoms with van der Waals surface area (Å²) in [5.41, 5.74) is 2.40. The van der Waals surface area contributed by atoms with Crippen molar-refractivity contribution in [2.24, 2.45) is 0 Å². The summed E-state index contributed by atoms with van der Waals surface area (Å²) in [4.78, 5) is 12.7. The van der Waals surface area contributed by atoms with E-state index in [9.17, 15) is 0 Å². The van der Waals surface area contributed by atoms with Gasteiger partial charge in [0.15, 0.2) is 11.4 Å². The lowest BCUT2D eigenvalue weighted by molar-refractivity contribution is -0.00000498. The zero-order valence-electron chi connectivity index (χ0n) is 12.3. The van der Waals surface area contributed by atoms with Gasteiger partial charge in [-0.25, -0.2) is 15.0 Å². The maximum absolute atomic E-state index is 5.88. The van der Waals surface area contributed by atoms with Crippen LogP contribution in [-0.4, -0.2) is 26.1 Å². The van der Waals surface area contributed by atoms with E-state index in [1.807, 2.05) is 36.8 Å². The number of hydrogen-bond acceptors (Lipinski definition) is 5. The van der Waals surface area contributed by atoms with Crippen LogP contribution in [0.2, 0.25) is 0 Å². The molecule has 118 valence electrons. The summed E-state index contributed by atoms with van der Waals surface area (Å²) >= 11 is 0. The summed E-state index contributed by atoms with van der Waals surface area (Å²) in [7, 11) is 0. The molecule has 0 aliphatic heterocycles. The van der Waals surface area contributed by atoms with E-state index in [-0.39, 0.29) is 12.4 Å². The van der Waals surface area contributed by atoms with Crippen molar-refractivity contribution in [2.45, 2.75) is 13.0 Å². The first-order chi connectivity index (χ1) is 10.9. The number of aromatic nitrogens is 4. The molecule has 0 unspecified atom stereocenters. The van der Waals surface area contributed by atoms with E-state index in [0.717, 1.165) is 41.8 Å². The average molecular weight is 329 g/mol. The molecule has 0 saturated heterocycles. The molecule has 0 aliphatic carbocycles. The van der Waals surface area contributed by atoms with Crippen LogP contribution in [-0.2, 0) is 6.54 Å². The molecule has 4 aromatic rings. The van der Waals surface area contributed by atoms with Gasteiger partial charge in [-0.3, -0.25) is 0 Å². The fourth-order valence-electron chi connectivity index (χ4n) is 2.54. The first-order valence-corrected chi connectivity index (χ1v) is 7.24. The number of rotatable bonds is 5. The average Bonchev–Trinajstić information content (AvgIpc) is 3.19. The number of para-hydroxylation sites is 1. The van der Waals surface area contributed by atoms with E-state index < -0.39 is 0 Å². The van der Waals surface area contributed by atoms with Gasteiger partial charge < -0.3 is 26.7 Å². The molecule has 0 spiro atoms. The highest BCUT2D eigenvalue weighted by atomic mass is 35.5. The number of fused-ring (bicyclic) bond motifs is 3. The molecule has 3 aromatic heterocycles. The molecular formula is C16H15ClN5O-. The topological polar surface area (TPSA) is 68.8 Å². The summed E-state index contributed by atoms with van der Waals surface area (Å²) in [6.07, 6.45) is 8.12. The molecule has 0 bridgehead atoms. The van der Waals surface area contributed by atoms with Gasteiger partial charge in [0.05, 0.1) is 6.33 Å². The molecule has 7 heteroatoms. The standard InChI is InChI=1S/C16H15N5O.ClH/c1-2-5-13-12(4-1)14-15(22-13)16(20-10-19-14)18-6-3-8-21-9-7-17-11-21;/h1-2,4-5,7,9-11H,3,6,8H2,(H,18,19,20);1H/p-1. The van der Waals surface area contributed by atoms with Gasteiger partial charge in [-0.15, -0.1) is 0 Å². The zero-order valence-corrected chi connectivity index (χ0v) is 13.1. The van der Waals surface area contributed by atoms with E-state index in [2.05, 4.69) is 24.8 Å². The number of nitrogens with zero attached hydrogens (tertiary/aromatic N) is 4. The third-order valence-electron chi connectivity index (χ3n) is 3.60. The summed E-state index contributed by atoms with van der Waals surface area (Å²) in [6.45, 7) is 1.72. The van der Waals surface area contributed by atoms with E-state index in [1.54, 1.807) is 12.5 Å². The lowest BCUT2D eigenvalue weighted by atomic mass is 10.2. The van der Waals surface area contributed by atoms with Gasteiger partial charge >= 0.3 is 0 Å². The Morgan fingerprint density at radius 3 is 2.96 bits per heavy atom. The molecule has 0 fully saturated rings. The van der Waals surface area contributed by atoms with Crippen molar-refractivity contribution < 1.29 is 16.8 Å². The van der Waals surface area contributed by atoms with Crippen LogP contribution in [0.4, 0.5) is 5.82 Å². The second kappa shape index (κ2) is 6.66. The number of nitrogens with one attached hydrogen (secondary N) is 1. The van der Waals surface area contributed by atoms with Crippen molar-refractivity contribution in [1.82, 2.24) is 19.5 Å². The highest BCUT2D eigenvalue weighted by Gasteiger charge is 2.12. The van der Waals surface area contributed by atoms with Gasteiger partial charge in [0.1, 0.15) is 17.4 Å². The predicted octanol–water partition coefficient (Wildman–Crippen LogP) is 0.0787. The SMILES string of the molecule is [Cl-].c1ccc2c(c1)oc1c(NCCCn3ccnc3)ncnc12. The number of benzene rings is 1. The van der Waals surface area contributed by atoms with E-state index >= 15 is 0 Å². The Morgan fingerprint density at radius 2 is 2.09 bits per heavy atom. The molecule has 4 rings (SSSR count). The second-order valence-corrected chi connectivity index (χ2v) is 5.08. The Hall–Kier alpha value is -2.60. The number of furan rings is 1. The molecule has 0 atom stereocenters. The largest absolute Gasteiger partial charge is 1.00 e. The summed E-state index contributed by atoms with van der Waals surface area (Å²) in [5, 5.41) is 4.35. The van der Waals surface area contributed by atoms with Crippen molar-refractivity contribution in [1.29, 1.82) is 0 Å².